The zero-order valence-electron chi connectivity index (χ0n) is 11.9. The summed E-state index contributed by atoms with van der Waals surface area (Å²) in [6.07, 6.45) is 5.82. The van der Waals surface area contributed by atoms with Crippen LogP contribution < -0.4 is 5.32 Å². The minimum Gasteiger partial charge on any atom is -0.360 e. The molecule has 0 spiro atoms. The van der Waals surface area contributed by atoms with E-state index >= 15 is 0 Å². The zero-order chi connectivity index (χ0) is 14.3. The number of pyridine rings is 1. The van der Waals surface area contributed by atoms with Crippen molar-refractivity contribution in [2.45, 2.75) is 18.9 Å². The van der Waals surface area contributed by atoms with E-state index in [9.17, 15) is 0 Å². The van der Waals surface area contributed by atoms with Gasteiger partial charge in [-0.15, -0.1) is 0 Å². The molecule has 1 N–H and O–H groups in total. The van der Waals surface area contributed by atoms with Crippen molar-refractivity contribution >= 4 is 16.9 Å². The number of aromatic nitrogens is 1. The molecular formula is C17H19N3S. The Balaban J connectivity index is 1.40. The summed E-state index contributed by atoms with van der Waals surface area (Å²) in [5.74, 6) is 1.04. The van der Waals surface area contributed by atoms with Gasteiger partial charge >= 0.3 is 0 Å². The molecule has 0 aliphatic carbocycles. The molecular weight excluding hydrogens is 278 g/mol. The molecule has 1 aliphatic heterocycles. The van der Waals surface area contributed by atoms with Crippen molar-refractivity contribution in [2.75, 3.05) is 12.3 Å². The normalized spacial score (nSPS) is 17.3. The van der Waals surface area contributed by atoms with E-state index in [2.05, 4.69) is 51.7 Å². The average molecular weight is 297 g/mol. The van der Waals surface area contributed by atoms with Crippen LogP contribution in [0, 0.1) is 0 Å². The Hall–Kier alpha value is -1.81. The summed E-state index contributed by atoms with van der Waals surface area (Å²) in [6, 6.07) is 15.1. The van der Waals surface area contributed by atoms with Gasteiger partial charge in [0.25, 0.3) is 0 Å². The van der Waals surface area contributed by atoms with E-state index in [-0.39, 0.29) is 0 Å². The number of thioether (sulfide) groups is 1. The van der Waals surface area contributed by atoms with Crippen LogP contribution >= 0.6 is 11.8 Å². The number of nitrogens with zero attached hydrogens (tertiary/aromatic N) is 2. The molecule has 21 heavy (non-hydrogen) atoms. The lowest BCUT2D eigenvalue weighted by molar-refractivity contribution is 0.656. The Bertz CT molecular complexity index is 583. The van der Waals surface area contributed by atoms with E-state index in [0.717, 1.165) is 30.3 Å². The first-order chi connectivity index (χ1) is 10.4. The topological polar surface area (TPSA) is 37.3 Å². The molecule has 0 saturated heterocycles. The van der Waals surface area contributed by atoms with Gasteiger partial charge in [0.2, 0.25) is 0 Å². The van der Waals surface area contributed by atoms with Crippen LogP contribution in [0.1, 0.15) is 11.1 Å². The highest BCUT2D eigenvalue weighted by molar-refractivity contribution is 8.13. The van der Waals surface area contributed by atoms with E-state index in [1.165, 1.54) is 11.1 Å². The van der Waals surface area contributed by atoms with Gasteiger partial charge in [0, 0.05) is 18.1 Å². The standard InChI is InChI=1S/C17H19N3S/c1-2-5-14(6-3-1)11-16-13-19-17(20-16)21-10-8-15-7-4-9-18-12-15/h1-7,9,12,16H,8,10-11,13H2,(H,19,20). The van der Waals surface area contributed by atoms with Gasteiger partial charge < -0.3 is 5.32 Å². The van der Waals surface area contributed by atoms with Gasteiger partial charge in [-0.2, -0.15) is 0 Å². The number of aliphatic imine (C=N–C) groups is 1. The summed E-state index contributed by atoms with van der Waals surface area (Å²) in [5, 5.41) is 4.61. The van der Waals surface area contributed by atoms with Crippen LogP contribution in [0.2, 0.25) is 0 Å². The fraction of sp³-hybridized carbons (Fsp3) is 0.294. The molecule has 1 aromatic carbocycles. The Labute approximate surface area is 129 Å². The maximum absolute atomic E-state index is 4.60. The molecule has 0 saturated carbocycles. The summed E-state index contributed by atoms with van der Waals surface area (Å²) >= 11 is 1.80. The molecule has 0 radical (unpaired) electrons. The molecule has 2 aromatic rings. The lowest BCUT2D eigenvalue weighted by Gasteiger charge is -2.11. The number of hydrogen-bond donors (Lipinski definition) is 1. The molecule has 3 rings (SSSR count). The second-order valence-corrected chi connectivity index (χ2v) is 6.22. The summed E-state index contributed by atoms with van der Waals surface area (Å²) in [6.45, 7) is 0.879. The average Bonchev–Trinajstić information content (AvgIpc) is 2.97. The van der Waals surface area contributed by atoms with Gasteiger partial charge in [-0.3, -0.25) is 9.98 Å². The van der Waals surface area contributed by atoms with Crippen LogP contribution in [0.25, 0.3) is 0 Å². The minimum absolute atomic E-state index is 0.438. The highest BCUT2D eigenvalue weighted by Gasteiger charge is 2.17. The molecule has 1 aliphatic rings. The van der Waals surface area contributed by atoms with Crippen LogP contribution in [0.4, 0.5) is 0 Å². The first kappa shape index (κ1) is 14.1. The Morgan fingerprint density at radius 1 is 1.10 bits per heavy atom. The summed E-state index contributed by atoms with van der Waals surface area (Å²) < 4.78 is 0. The Morgan fingerprint density at radius 3 is 2.76 bits per heavy atom. The predicted molar refractivity (Wildman–Crippen MR) is 89.8 cm³/mol. The molecule has 1 atom stereocenters. The van der Waals surface area contributed by atoms with Gasteiger partial charge in [-0.1, -0.05) is 48.2 Å². The lowest BCUT2D eigenvalue weighted by Crippen LogP contribution is -2.30. The van der Waals surface area contributed by atoms with E-state index in [0.29, 0.717) is 6.04 Å². The first-order valence-electron chi connectivity index (χ1n) is 7.27. The fourth-order valence-corrected chi connectivity index (χ4v) is 3.32. The number of hydrogen-bond acceptors (Lipinski definition) is 4. The molecule has 0 amide bonds. The molecule has 108 valence electrons. The van der Waals surface area contributed by atoms with Crippen LogP contribution in [-0.2, 0) is 12.8 Å². The third-order valence-corrected chi connectivity index (χ3v) is 4.39. The number of aryl methyl sites for hydroxylation is 1. The zero-order valence-corrected chi connectivity index (χ0v) is 12.7. The summed E-state index contributed by atoms with van der Waals surface area (Å²) in [7, 11) is 0. The minimum atomic E-state index is 0.438. The van der Waals surface area contributed by atoms with Crippen LogP contribution in [0.5, 0.6) is 0 Å². The molecule has 2 heterocycles. The highest BCUT2D eigenvalue weighted by Crippen LogP contribution is 2.14. The third-order valence-electron chi connectivity index (χ3n) is 3.46. The number of amidine groups is 1. The molecule has 0 fully saturated rings. The van der Waals surface area contributed by atoms with Crippen LogP contribution in [-0.4, -0.2) is 28.5 Å². The molecule has 1 aromatic heterocycles. The summed E-state index contributed by atoms with van der Waals surface area (Å²) in [5.41, 5.74) is 2.65. The number of rotatable bonds is 5. The summed E-state index contributed by atoms with van der Waals surface area (Å²) in [4.78, 5) is 8.74. The van der Waals surface area contributed by atoms with Gasteiger partial charge in [-0.05, 0) is 30.0 Å². The SMILES string of the molecule is c1ccc(CC2CN=C(SCCc3cccnc3)N2)cc1. The van der Waals surface area contributed by atoms with Crippen molar-refractivity contribution in [1.82, 2.24) is 10.3 Å². The van der Waals surface area contributed by atoms with Crippen molar-refractivity contribution in [1.29, 1.82) is 0 Å². The monoisotopic (exact) mass is 297 g/mol. The van der Waals surface area contributed by atoms with Crippen LogP contribution in [0.3, 0.4) is 0 Å². The van der Waals surface area contributed by atoms with Crippen molar-refractivity contribution in [3.05, 3.63) is 66.0 Å². The van der Waals surface area contributed by atoms with E-state index in [1.54, 1.807) is 11.8 Å². The molecule has 1 unspecified atom stereocenters. The highest BCUT2D eigenvalue weighted by atomic mass is 32.2. The first-order valence-corrected chi connectivity index (χ1v) is 8.25. The van der Waals surface area contributed by atoms with Gasteiger partial charge in [0.05, 0.1) is 12.6 Å². The maximum atomic E-state index is 4.60. The maximum Gasteiger partial charge on any atom is 0.156 e. The predicted octanol–water partition coefficient (Wildman–Crippen LogP) is 2.93. The largest absolute Gasteiger partial charge is 0.360 e. The van der Waals surface area contributed by atoms with Crippen molar-refractivity contribution in [2.24, 2.45) is 4.99 Å². The second-order valence-electron chi connectivity index (χ2n) is 5.14. The smallest absolute Gasteiger partial charge is 0.156 e. The molecule has 4 heteroatoms. The van der Waals surface area contributed by atoms with Gasteiger partial charge in [0.15, 0.2) is 5.17 Å². The Morgan fingerprint density at radius 2 is 1.95 bits per heavy atom. The van der Waals surface area contributed by atoms with Crippen molar-refractivity contribution in [3.63, 3.8) is 0 Å². The van der Waals surface area contributed by atoms with E-state index in [4.69, 9.17) is 0 Å². The van der Waals surface area contributed by atoms with E-state index < -0.39 is 0 Å². The number of nitrogens with one attached hydrogen (secondary N) is 1. The van der Waals surface area contributed by atoms with Crippen molar-refractivity contribution in [3.8, 4) is 0 Å². The van der Waals surface area contributed by atoms with Crippen LogP contribution in [0.15, 0.2) is 59.9 Å². The number of benzene rings is 1. The fourth-order valence-electron chi connectivity index (χ4n) is 2.37. The molecule has 0 bridgehead atoms. The van der Waals surface area contributed by atoms with Gasteiger partial charge in [-0.25, -0.2) is 0 Å². The third kappa shape index (κ3) is 4.33. The van der Waals surface area contributed by atoms with Crippen molar-refractivity contribution < 1.29 is 0 Å². The Kier molecular flexibility index (Phi) is 4.90. The molecule has 3 nitrogen and oxygen atoms in total. The quantitative estimate of drug-likeness (QED) is 0.922. The van der Waals surface area contributed by atoms with E-state index in [1.807, 2.05) is 18.5 Å². The second kappa shape index (κ2) is 7.27. The lowest BCUT2D eigenvalue weighted by atomic mass is 10.1. The van der Waals surface area contributed by atoms with Gasteiger partial charge in [0.1, 0.15) is 0 Å².